The van der Waals surface area contributed by atoms with Crippen LogP contribution in [0, 0.1) is 0 Å². The van der Waals surface area contributed by atoms with Crippen molar-refractivity contribution in [2.45, 2.75) is 44.2 Å². The van der Waals surface area contributed by atoms with E-state index in [0.717, 1.165) is 34.5 Å². The molecule has 0 unspecified atom stereocenters. The van der Waals surface area contributed by atoms with E-state index in [-0.39, 0.29) is 5.41 Å². The molecule has 0 saturated heterocycles. The van der Waals surface area contributed by atoms with E-state index in [9.17, 15) is 0 Å². The molecule has 0 amide bonds. The minimum atomic E-state index is -0.123. The van der Waals surface area contributed by atoms with Crippen LogP contribution in [0.15, 0.2) is 27.2 Å². The van der Waals surface area contributed by atoms with Crippen LogP contribution in [0.4, 0.5) is 0 Å². The van der Waals surface area contributed by atoms with Gasteiger partial charge < -0.3 is 10.4 Å². The van der Waals surface area contributed by atoms with Crippen LogP contribution in [0.3, 0.4) is 0 Å². The summed E-state index contributed by atoms with van der Waals surface area (Å²) in [7, 11) is 0. The predicted octanol–water partition coefficient (Wildman–Crippen LogP) is 3.13. The lowest BCUT2D eigenvalue weighted by Gasteiger charge is -2.16. The van der Waals surface area contributed by atoms with Gasteiger partial charge in [0.05, 0.1) is 4.88 Å². The standard InChI is InChI=1S/C15H20N6OS2/c1-15(2,3)13-18-19-14(21(13)16)24-9-5-7-11-17-12(20-22-11)10-6-4-8-23-10/h4,6,8H,5,7,9,16H2,1-3H3. The summed E-state index contributed by atoms with van der Waals surface area (Å²) in [5.74, 6) is 9.02. The third-order valence-electron chi connectivity index (χ3n) is 3.31. The second-order valence-corrected chi connectivity index (χ2v) is 8.38. The number of nitrogen functional groups attached to an aromatic ring is 1. The minimum absolute atomic E-state index is 0.123. The van der Waals surface area contributed by atoms with Crippen molar-refractivity contribution in [2.75, 3.05) is 11.6 Å². The Morgan fingerprint density at radius 2 is 2.17 bits per heavy atom. The van der Waals surface area contributed by atoms with Gasteiger partial charge in [0.15, 0.2) is 5.82 Å². The summed E-state index contributed by atoms with van der Waals surface area (Å²) in [5, 5.41) is 15.1. The maximum atomic E-state index is 6.07. The van der Waals surface area contributed by atoms with E-state index in [2.05, 4.69) is 41.1 Å². The molecular formula is C15H20N6OS2. The van der Waals surface area contributed by atoms with Crippen molar-refractivity contribution in [1.82, 2.24) is 25.0 Å². The average molecular weight is 364 g/mol. The Morgan fingerprint density at radius 1 is 1.33 bits per heavy atom. The quantitative estimate of drug-likeness (QED) is 0.408. The van der Waals surface area contributed by atoms with Gasteiger partial charge in [-0.05, 0) is 17.9 Å². The Balaban J connectivity index is 1.50. The van der Waals surface area contributed by atoms with Crippen molar-refractivity contribution in [3.8, 4) is 10.7 Å². The summed E-state index contributed by atoms with van der Waals surface area (Å²) >= 11 is 3.18. The Morgan fingerprint density at radius 3 is 2.83 bits per heavy atom. The zero-order valence-electron chi connectivity index (χ0n) is 13.9. The molecule has 0 aliphatic heterocycles. The molecule has 3 rings (SSSR count). The lowest BCUT2D eigenvalue weighted by molar-refractivity contribution is 0.378. The summed E-state index contributed by atoms with van der Waals surface area (Å²) in [5.41, 5.74) is -0.123. The number of aryl methyl sites for hydroxylation is 1. The summed E-state index contributed by atoms with van der Waals surface area (Å²) < 4.78 is 6.87. The molecule has 0 aromatic carbocycles. The number of rotatable bonds is 6. The van der Waals surface area contributed by atoms with Gasteiger partial charge in [0.25, 0.3) is 0 Å². The highest BCUT2D eigenvalue weighted by Gasteiger charge is 2.22. The monoisotopic (exact) mass is 364 g/mol. The Kier molecular flexibility index (Phi) is 4.91. The van der Waals surface area contributed by atoms with E-state index in [1.54, 1.807) is 27.8 Å². The van der Waals surface area contributed by atoms with Crippen LogP contribution in [0.5, 0.6) is 0 Å². The van der Waals surface area contributed by atoms with Gasteiger partial charge in [-0.25, -0.2) is 4.68 Å². The van der Waals surface area contributed by atoms with Crippen LogP contribution in [-0.2, 0) is 11.8 Å². The van der Waals surface area contributed by atoms with Crippen molar-refractivity contribution in [3.05, 3.63) is 29.2 Å². The molecule has 0 fully saturated rings. The Hall–Kier alpha value is -1.87. The fourth-order valence-corrected chi connectivity index (χ4v) is 3.58. The third kappa shape index (κ3) is 3.78. The maximum Gasteiger partial charge on any atom is 0.227 e. The van der Waals surface area contributed by atoms with Gasteiger partial charge in [-0.1, -0.05) is 43.8 Å². The molecule has 7 nitrogen and oxygen atoms in total. The lowest BCUT2D eigenvalue weighted by Crippen LogP contribution is -2.24. The summed E-state index contributed by atoms with van der Waals surface area (Å²) in [4.78, 5) is 5.44. The molecule has 0 radical (unpaired) electrons. The first kappa shape index (κ1) is 17.0. The fraction of sp³-hybridized carbons (Fsp3) is 0.467. The van der Waals surface area contributed by atoms with Crippen LogP contribution < -0.4 is 5.84 Å². The molecule has 3 heterocycles. The second kappa shape index (κ2) is 6.94. The second-order valence-electron chi connectivity index (χ2n) is 6.37. The summed E-state index contributed by atoms with van der Waals surface area (Å²) in [6.07, 6.45) is 1.63. The van der Waals surface area contributed by atoms with E-state index in [1.807, 2.05) is 17.5 Å². The van der Waals surface area contributed by atoms with Gasteiger partial charge >= 0.3 is 0 Å². The first-order valence-electron chi connectivity index (χ1n) is 7.65. The van der Waals surface area contributed by atoms with Crippen LogP contribution in [0.2, 0.25) is 0 Å². The number of aromatic nitrogens is 5. The first-order chi connectivity index (χ1) is 11.4. The van der Waals surface area contributed by atoms with Crippen molar-refractivity contribution in [3.63, 3.8) is 0 Å². The van der Waals surface area contributed by atoms with Crippen LogP contribution in [-0.4, -0.2) is 30.8 Å². The van der Waals surface area contributed by atoms with E-state index in [4.69, 9.17) is 10.4 Å². The molecule has 0 aliphatic carbocycles. The Bertz CT molecular complexity index is 787. The molecule has 0 aliphatic rings. The molecule has 128 valence electrons. The zero-order valence-corrected chi connectivity index (χ0v) is 15.5. The molecule has 9 heteroatoms. The van der Waals surface area contributed by atoms with Gasteiger partial charge in [-0.2, -0.15) is 4.98 Å². The van der Waals surface area contributed by atoms with Gasteiger partial charge in [0.2, 0.25) is 16.9 Å². The smallest absolute Gasteiger partial charge is 0.227 e. The van der Waals surface area contributed by atoms with Crippen LogP contribution >= 0.6 is 23.1 Å². The molecule has 0 atom stereocenters. The van der Waals surface area contributed by atoms with Gasteiger partial charge in [0, 0.05) is 17.6 Å². The van der Waals surface area contributed by atoms with Crippen molar-refractivity contribution < 1.29 is 4.52 Å². The lowest BCUT2D eigenvalue weighted by atomic mass is 9.96. The fourth-order valence-electron chi connectivity index (χ4n) is 2.14. The van der Waals surface area contributed by atoms with Crippen molar-refractivity contribution in [1.29, 1.82) is 0 Å². The summed E-state index contributed by atoms with van der Waals surface area (Å²) in [6, 6.07) is 3.96. The first-order valence-corrected chi connectivity index (χ1v) is 9.52. The largest absolute Gasteiger partial charge is 0.339 e. The molecular weight excluding hydrogens is 344 g/mol. The minimum Gasteiger partial charge on any atom is -0.339 e. The highest BCUT2D eigenvalue weighted by molar-refractivity contribution is 7.99. The van der Waals surface area contributed by atoms with Crippen molar-refractivity contribution in [2.24, 2.45) is 0 Å². The molecule has 3 aromatic heterocycles. The SMILES string of the molecule is CC(C)(C)c1nnc(SCCCc2nc(-c3cccs3)no2)n1N. The molecule has 0 saturated carbocycles. The van der Waals surface area contributed by atoms with E-state index >= 15 is 0 Å². The number of nitrogens with zero attached hydrogens (tertiary/aromatic N) is 5. The highest BCUT2D eigenvalue weighted by atomic mass is 32.2. The number of nitrogens with two attached hydrogens (primary N) is 1. The van der Waals surface area contributed by atoms with Gasteiger partial charge in [0.1, 0.15) is 0 Å². The van der Waals surface area contributed by atoms with Crippen LogP contribution in [0.25, 0.3) is 10.7 Å². The topological polar surface area (TPSA) is 95.6 Å². The van der Waals surface area contributed by atoms with Gasteiger partial charge in [-0.15, -0.1) is 21.5 Å². The molecule has 0 spiro atoms. The average Bonchev–Trinajstić information content (AvgIpc) is 3.24. The maximum absolute atomic E-state index is 6.07. The predicted molar refractivity (Wildman–Crippen MR) is 95.5 cm³/mol. The number of thioether (sulfide) groups is 1. The number of hydrogen-bond acceptors (Lipinski definition) is 8. The van der Waals surface area contributed by atoms with E-state index in [0.29, 0.717) is 11.7 Å². The van der Waals surface area contributed by atoms with Crippen LogP contribution in [0.1, 0.15) is 38.9 Å². The highest BCUT2D eigenvalue weighted by Crippen LogP contribution is 2.24. The molecule has 24 heavy (non-hydrogen) atoms. The molecule has 3 aromatic rings. The molecule has 0 bridgehead atoms. The zero-order chi connectivity index (χ0) is 17.2. The van der Waals surface area contributed by atoms with E-state index < -0.39 is 0 Å². The molecule has 2 N–H and O–H groups in total. The van der Waals surface area contributed by atoms with Crippen molar-refractivity contribution >= 4 is 23.1 Å². The number of hydrogen-bond donors (Lipinski definition) is 1. The third-order valence-corrected chi connectivity index (χ3v) is 5.21. The Labute approximate surface area is 148 Å². The summed E-state index contributed by atoms with van der Waals surface area (Å²) in [6.45, 7) is 6.20. The van der Waals surface area contributed by atoms with Gasteiger partial charge in [-0.3, -0.25) is 0 Å². The normalized spacial score (nSPS) is 12.0. The van der Waals surface area contributed by atoms with E-state index in [1.165, 1.54) is 0 Å². The number of thiophene rings is 1.